The van der Waals surface area contributed by atoms with Crippen LogP contribution in [0, 0.1) is 0 Å². The summed E-state index contributed by atoms with van der Waals surface area (Å²) in [4.78, 5) is 11.8. The smallest absolute Gasteiger partial charge is 0.321 e. The molecule has 5 nitrogen and oxygen atoms in total. The lowest BCUT2D eigenvalue weighted by molar-refractivity contribution is 0.234. The Kier molecular flexibility index (Phi) is 6.11. The zero-order valence-electron chi connectivity index (χ0n) is 12.9. The lowest BCUT2D eigenvalue weighted by atomic mass is 10.1. The van der Waals surface area contributed by atoms with E-state index in [2.05, 4.69) is 17.6 Å². The maximum absolute atomic E-state index is 11.8. The van der Waals surface area contributed by atoms with Gasteiger partial charge < -0.3 is 21.1 Å². The molecule has 4 N–H and O–H groups in total. The van der Waals surface area contributed by atoms with Crippen LogP contribution in [0.4, 0.5) is 16.2 Å². The highest BCUT2D eigenvalue weighted by Crippen LogP contribution is 2.22. The third-order valence-corrected chi connectivity index (χ3v) is 3.52. The molecule has 0 bridgehead atoms. The van der Waals surface area contributed by atoms with E-state index in [4.69, 9.17) is 22.1 Å². The molecule has 0 aromatic heterocycles. The molecular formula is C17H20ClN3O2. The molecular weight excluding hydrogens is 314 g/mol. The number of carbonyl (C=O) groups excluding carboxylic acids is 1. The number of nitrogens with one attached hydrogen (secondary N) is 2. The number of nitrogen functional groups attached to an aromatic ring is 1. The summed E-state index contributed by atoms with van der Waals surface area (Å²) in [5.41, 5.74) is 7.91. The predicted molar refractivity (Wildman–Crippen MR) is 94.0 cm³/mol. The summed E-state index contributed by atoms with van der Waals surface area (Å²) in [6, 6.07) is 12.3. The van der Waals surface area contributed by atoms with Crippen LogP contribution >= 0.6 is 11.6 Å². The average molecular weight is 334 g/mol. The van der Waals surface area contributed by atoms with Gasteiger partial charge in [0.1, 0.15) is 5.75 Å². The van der Waals surface area contributed by atoms with Crippen LogP contribution in [0.2, 0.25) is 5.02 Å². The van der Waals surface area contributed by atoms with Crippen molar-refractivity contribution in [3.8, 4) is 5.75 Å². The van der Waals surface area contributed by atoms with Gasteiger partial charge in [0.05, 0.1) is 10.7 Å². The molecule has 0 heterocycles. The minimum Gasteiger partial charge on any atom is -0.473 e. The van der Waals surface area contributed by atoms with Gasteiger partial charge in [0, 0.05) is 5.69 Å². The lowest BCUT2D eigenvalue weighted by Gasteiger charge is -2.10. The standard InChI is InChI=1S/C17H20ClN3O2/c1-2-3-12-4-7-14(8-5-12)23-11-20-17(22)21-13-6-9-16(19)15(18)10-13/h4-10H,2-3,11,19H2,1H3,(H2,20,21,22). The molecule has 2 rings (SSSR count). The fraction of sp³-hybridized carbons (Fsp3) is 0.235. The molecule has 0 spiro atoms. The Balaban J connectivity index is 1.76. The highest BCUT2D eigenvalue weighted by atomic mass is 35.5. The zero-order chi connectivity index (χ0) is 16.7. The molecule has 122 valence electrons. The van der Waals surface area contributed by atoms with Crippen molar-refractivity contribution in [1.82, 2.24) is 5.32 Å². The van der Waals surface area contributed by atoms with Gasteiger partial charge in [-0.05, 0) is 42.3 Å². The first-order valence-corrected chi connectivity index (χ1v) is 7.78. The molecule has 0 radical (unpaired) electrons. The van der Waals surface area contributed by atoms with E-state index in [0.717, 1.165) is 12.8 Å². The van der Waals surface area contributed by atoms with Crippen LogP contribution in [-0.4, -0.2) is 12.8 Å². The first kappa shape index (κ1) is 17.0. The van der Waals surface area contributed by atoms with Crippen molar-refractivity contribution in [2.24, 2.45) is 0 Å². The molecule has 0 fully saturated rings. The van der Waals surface area contributed by atoms with Gasteiger partial charge in [0.25, 0.3) is 0 Å². The van der Waals surface area contributed by atoms with Crippen LogP contribution in [-0.2, 0) is 6.42 Å². The Morgan fingerprint density at radius 3 is 2.61 bits per heavy atom. The second-order valence-corrected chi connectivity index (χ2v) is 5.46. The van der Waals surface area contributed by atoms with E-state index in [9.17, 15) is 4.79 Å². The summed E-state index contributed by atoms with van der Waals surface area (Å²) < 4.78 is 5.47. The Morgan fingerprint density at radius 2 is 1.96 bits per heavy atom. The van der Waals surface area contributed by atoms with E-state index < -0.39 is 0 Å². The minimum atomic E-state index is -0.381. The second kappa shape index (κ2) is 8.29. The molecule has 6 heteroatoms. The van der Waals surface area contributed by atoms with Gasteiger partial charge in [-0.2, -0.15) is 0 Å². The maximum atomic E-state index is 11.8. The van der Waals surface area contributed by atoms with Gasteiger partial charge >= 0.3 is 6.03 Å². The Labute approximate surface area is 140 Å². The summed E-state index contributed by atoms with van der Waals surface area (Å²) >= 11 is 5.90. The van der Waals surface area contributed by atoms with Gasteiger partial charge in [0.15, 0.2) is 6.73 Å². The SMILES string of the molecule is CCCc1ccc(OCNC(=O)Nc2ccc(N)c(Cl)c2)cc1. The number of amides is 2. The fourth-order valence-corrected chi connectivity index (χ4v) is 2.19. The van der Waals surface area contributed by atoms with Crippen molar-refractivity contribution in [2.75, 3.05) is 17.8 Å². The van der Waals surface area contributed by atoms with Crippen LogP contribution in [0.3, 0.4) is 0 Å². The van der Waals surface area contributed by atoms with Crippen molar-refractivity contribution in [2.45, 2.75) is 19.8 Å². The number of halogens is 1. The van der Waals surface area contributed by atoms with Gasteiger partial charge in [0.2, 0.25) is 0 Å². The van der Waals surface area contributed by atoms with Gasteiger partial charge in [-0.1, -0.05) is 37.1 Å². The van der Waals surface area contributed by atoms with Crippen molar-refractivity contribution < 1.29 is 9.53 Å². The number of ether oxygens (including phenoxy) is 1. The fourth-order valence-electron chi connectivity index (χ4n) is 2.01. The number of nitrogens with two attached hydrogens (primary N) is 1. The summed E-state index contributed by atoms with van der Waals surface area (Å²) in [5.74, 6) is 0.709. The van der Waals surface area contributed by atoms with Crippen LogP contribution in [0.5, 0.6) is 5.75 Å². The third kappa shape index (κ3) is 5.38. The second-order valence-electron chi connectivity index (χ2n) is 5.05. The largest absolute Gasteiger partial charge is 0.473 e. The van der Waals surface area contributed by atoms with Gasteiger partial charge in [-0.3, -0.25) is 0 Å². The topological polar surface area (TPSA) is 76.4 Å². The maximum Gasteiger partial charge on any atom is 0.321 e. The van der Waals surface area contributed by atoms with Crippen molar-refractivity contribution in [3.05, 3.63) is 53.1 Å². The first-order valence-electron chi connectivity index (χ1n) is 7.40. The number of anilines is 2. The third-order valence-electron chi connectivity index (χ3n) is 3.19. The van der Waals surface area contributed by atoms with Crippen molar-refractivity contribution in [3.63, 3.8) is 0 Å². The highest BCUT2D eigenvalue weighted by molar-refractivity contribution is 6.33. The van der Waals surface area contributed by atoms with Crippen molar-refractivity contribution >= 4 is 29.0 Å². The zero-order valence-corrected chi connectivity index (χ0v) is 13.7. The van der Waals surface area contributed by atoms with Crippen LogP contribution in [0.15, 0.2) is 42.5 Å². The van der Waals surface area contributed by atoms with Gasteiger partial charge in [-0.25, -0.2) is 4.79 Å². The molecule has 23 heavy (non-hydrogen) atoms. The monoisotopic (exact) mass is 333 g/mol. The highest BCUT2D eigenvalue weighted by Gasteiger charge is 2.04. The van der Waals surface area contributed by atoms with E-state index in [1.807, 2.05) is 24.3 Å². The Bertz CT molecular complexity index is 659. The molecule has 2 aromatic rings. The molecule has 2 amide bonds. The molecule has 2 aromatic carbocycles. The molecule has 0 saturated heterocycles. The quantitative estimate of drug-likeness (QED) is 0.551. The minimum absolute atomic E-state index is 0.0711. The number of urea groups is 1. The Hall–Kier alpha value is -2.40. The van der Waals surface area contributed by atoms with Crippen molar-refractivity contribution in [1.29, 1.82) is 0 Å². The molecule has 0 saturated carbocycles. The van der Waals surface area contributed by atoms with Gasteiger partial charge in [-0.15, -0.1) is 0 Å². The number of hydrogen-bond donors (Lipinski definition) is 3. The Morgan fingerprint density at radius 1 is 1.22 bits per heavy atom. The van der Waals surface area contributed by atoms with Crippen LogP contribution in [0.25, 0.3) is 0 Å². The number of benzene rings is 2. The number of carbonyl (C=O) groups is 1. The molecule has 0 aliphatic carbocycles. The summed E-state index contributed by atoms with van der Waals surface area (Å²) in [5, 5.41) is 5.65. The summed E-state index contributed by atoms with van der Waals surface area (Å²) in [7, 11) is 0. The first-order chi connectivity index (χ1) is 11.1. The lowest BCUT2D eigenvalue weighted by Crippen LogP contribution is -2.32. The normalized spacial score (nSPS) is 10.2. The summed E-state index contributed by atoms with van der Waals surface area (Å²) in [6.45, 7) is 2.21. The summed E-state index contributed by atoms with van der Waals surface area (Å²) in [6.07, 6.45) is 2.15. The number of rotatable bonds is 6. The number of aryl methyl sites for hydroxylation is 1. The number of hydrogen-bond acceptors (Lipinski definition) is 3. The van der Waals surface area contributed by atoms with E-state index in [1.54, 1.807) is 18.2 Å². The molecule has 0 aliphatic rings. The molecule has 0 atom stereocenters. The predicted octanol–water partition coefficient (Wildman–Crippen LogP) is 4.03. The van der Waals surface area contributed by atoms with E-state index in [0.29, 0.717) is 22.1 Å². The average Bonchev–Trinajstić information content (AvgIpc) is 2.53. The van der Waals surface area contributed by atoms with E-state index in [1.165, 1.54) is 5.56 Å². The molecule has 0 aliphatic heterocycles. The van der Waals surface area contributed by atoms with Crippen LogP contribution in [0.1, 0.15) is 18.9 Å². The van der Waals surface area contributed by atoms with E-state index in [-0.39, 0.29) is 12.8 Å². The molecule has 0 unspecified atom stereocenters. The van der Waals surface area contributed by atoms with Crippen LogP contribution < -0.4 is 21.1 Å². The van der Waals surface area contributed by atoms with E-state index >= 15 is 0 Å².